The number of anilines is 1. The lowest BCUT2D eigenvalue weighted by Crippen LogP contribution is -2.38. The number of nitrogen functional groups attached to an aromatic ring is 1. The van der Waals surface area contributed by atoms with E-state index in [-0.39, 0.29) is 29.4 Å². The number of ether oxygens (including phenoxy) is 1. The number of nitrogens with two attached hydrogens (primary N) is 1. The molecule has 0 spiro atoms. The Morgan fingerprint density at radius 1 is 1.34 bits per heavy atom. The molecule has 0 radical (unpaired) electrons. The molecule has 2 saturated carbocycles. The molecule has 0 amide bonds. The molecular weight excluding hydrogens is 453 g/mol. The van der Waals surface area contributed by atoms with Crippen LogP contribution in [0.15, 0.2) is 12.7 Å². The Bertz CT molecular complexity index is 1020. The molecule has 0 aromatic carbocycles. The summed E-state index contributed by atoms with van der Waals surface area (Å²) in [6.45, 7) is 6.58. The summed E-state index contributed by atoms with van der Waals surface area (Å²) in [5.41, 5.74) is 6.87. The van der Waals surface area contributed by atoms with Gasteiger partial charge < -0.3 is 32.7 Å². The van der Waals surface area contributed by atoms with Crippen molar-refractivity contribution in [3.8, 4) is 0 Å². The van der Waals surface area contributed by atoms with E-state index in [4.69, 9.17) is 31.8 Å². The van der Waals surface area contributed by atoms with Gasteiger partial charge in [0.2, 0.25) is 0 Å². The molecule has 176 valence electrons. The summed E-state index contributed by atoms with van der Waals surface area (Å²) in [7, 11) is -3.74. The molecule has 10 nitrogen and oxygen atoms in total. The first-order valence-corrected chi connectivity index (χ1v) is 13.5. The molecule has 1 aliphatic heterocycles. The number of fused-ring (bicyclic) bond motifs is 3. The highest BCUT2D eigenvalue weighted by Crippen LogP contribution is 2.69. The highest BCUT2D eigenvalue weighted by Gasteiger charge is 2.63. The fourth-order valence-corrected chi connectivity index (χ4v) is 7.27. The lowest BCUT2D eigenvalue weighted by atomic mass is 9.70. The van der Waals surface area contributed by atoms with Crippen LogP contribution in [0.1, 0.15) is 52.7 Å². The Kier molecular flexibility index (Phi) is 5.48. The van der Waals surface area contributed by atoms with Crippen molar-refractivity contribution >= 4 is 36.4 Å². The van der Waals surface area contributed by atoms with Crippen molar-refractivity contribution in [2.75, 3.05) is 12.3 Å². The second-order valence-electron chi connectivity index (χ2n) is 9.96. The molecule has 12 heteroatoms. The molecular formula is C20H29N5O5PS-. The van der Waals surface area contributed by atoms with Crippen LogP contribution in [0.3, 0.4) is 0 Å². The number of aliphatic hydroxyl groups excluding tert-OH is 1. The van der Waals surface area contributed by atoms with Crippen molar-refractivity contribution in [1.29, 1.82) is 0 Å². The topological polar surface area (TPSA) is 141 Å². The molecule has 3 aliphatic rings. The number of hydrogen-bond acceptors (Lipinski definition) is 10. The molecule has 2 aromatic rings. The van der Waals surface area contributed by atoms with Crippen molar-refractivity contribution in [3.05, 3.63) is 12.7 Å². The molecule has 5 rings (SSSR count). The lowest BCUT2D eigenvalue weighted by molar-refractivity contribution is -0.220. The third kappa shape index (κ3) is 3.53. The molecule has 3 fully saturated rings. The van der Waals surface area contributed by atoms with Crippen LogP contribution in [0.5, 0.6) is 0 Å². The number of nitrogens with zero attached hydrogens (tertiary/aromatic N) is 4. The Labute approximate surface area is 192 Å². The number of aromatic nitrogens is 4. The van der Waals surface area contributed by atoms with Gasteiger partial charge in [0.25, 0.3) is 0 Å². The van der Waals surface area contributed by atoms with Gasteiger partial charge >= 0.3 is 0 Å². The van der Waals surface area contributed by atoms with E-state index >= 15 is 0 Å². The smallest absolute Gasteiger partial charge is 0.167 e. The van der Waals surface area contributed by atoms with Crippen LogP contribution in [0.25, 0.3) is 11.2 Å². The van der Waals surface area contributed by atoms with Crippen molar-refractivity contribution in [2.24, 2.45) is 16.7 Å². The SMILES string of the molecule is CC1(C)[C@@H]2CC[C@@]1(C)[C@@H](O[P+]([O-])([S-])OC[C@H]1O[C@@H](n3cnc4c(N)ncnc43)C[C@@H]1O)C2. The average molecular weight is 483 g/mol. The van der Waals surface area contributed by atoms with Gasteiger partial charge in [-0.05, 0) is 30.6 Å². The third-order valence-electron chi connectivity index (χ3n) is 8.27. The van der Waals surface area contributed by atoms with Gasteiger partial charge in [0.1, 0.15) is 44.0 Å². The summed E-state index contributed by atoms with van der Waals surface area (Å²) in [6.07, 6.45) is 3.99. The van der Waals surface area contributed by atoms with Crippen LogP contribution in [-0.2, 0) is 26.0 Å². The maximum absolute atomic E-state index is 13.0. The van der Waals surface area contributed by atoms with Gasteiger partial charge in [-0.25, -0.2) is 24.0 Å². The van der Waals surface area contributed by atoms with Crippen molar-refractivity contribution in [3.63, 3.8) is 0 Å². The van der Waals surface area contributed by atoms with E-state index < -0.39 is 25.6 Å². The number of rotatable bonds is 6. The molecule has 3 N–H and O–H groups in total. The summed E-state index contributed by atoms with van der Waals surface area (Å²) in [4.78, 5) is 25.3. The van der Waals surface area contributed by atoms with E-state index in [0.29, 0.717) is 23.5 Å². The highest BCUT2D eigenvalue weighted by molar-refractivity contribution is 8.34. The summed E-state index contributed by atoms with van der Waals surface area (Å²) in [6, 6.07) is 0. The summed E-state index contributed by atoms with van der Waals surface area (Å²) in [5.74, 6) is 0.810. The fourth-order valence-electron chi connectivity index (χ4n) is 5.76. The molecule has 2 aliphatic carbocycles. The van der Waals surface area contributed by atoms with E-state index in [0.717, 1.165) is 19.3 Å². The first kappa shape index (κ1) is 22.7. The number of aliphatic hydroxyl groups is 1. The largest absolute Gasteiger partial charge is 0.648 e. The van der Waals surface area contributed by atoms with Crippen LogP contribution in [0.4, 0.5) is 5.82 Å². The van der Waals surface area contributed by atoms with Gasteiger partial charge in [-0.3, -0.25) is 4.57 Å². The van der Waals surface area contributed by atoms with Crippen LogP contribution in [0, 0.1) is 16.7 Å². The van der Waals surface area contributed by atoms with E-state index in [1.165, 1.54) is 6.33 Å². The van der Waals surface area contributed by atoms with E-state index in [1.54, 1.807) is 10.9 Å². The molecule has 2 aromatic heterocycles. The second-order valence-corrected chi connectivity index (χ2v) is 12.7. The van der Waals surface area contributed by atoms with E-state index in [9.17, 15) is 10.00 Å². The number of imidazole rings is 1. The maximum Gasteiger partial charge on any atom is 0.167 e. The maximum atomic E-state index is 13.0. The van der Waals surface area contributed by atoms with Crippen LogP contribution in [0.2, 0.25) is 0 Å². The predicted molar refractivity (Wildman–Crippen MR) is 119 cm³/mol. The van der Waals surface area contributed by atoms with Gasteiger partial charge in [-0.2, -0.15) is 0 Å². The predicted octanol–water partition coefficient (Wildman–Crippen LogP) is 1.89. The second kappa shape index (κ2) is 7.73. The Balaban J connectivity index is 1.22. The Hall–Kier alpha value is -1.07. The molecule has 1 unspecified atom stereocenters. The standard InChI is InChI=1S/C20H30N5O5PS/c1-19(2)11-4-5-20(19,3)14(6-11)30-31(27,32)28-8-13-12(26)7-15(29-13)25-10-24-16-17(21)22-9-23-18(16)25/h9-15,26H,4-8H2,1-3H3,(H,27,32)(H2,21,22,23)/p-1/t11-,12+,13-,14+,15-,20+,31?/m1/s1. The normalized spacial score (nSPS) is 37.9. The third-order valence-corrected chi connectivity index (χ3v) is 9.82. The summed E-state index contributed by atoms with van der Waals surface area (Å²) in [5, 5.41) is 10.5. The summed E-state index contributed by atoms with van der Waals surface area (Å²) < 4.78 is 19.1. The van der Waals surface area contributed by atoms with Gasteiger partial charge in [-0.15, -0.1) is 0 Å². The summed E-state index contributed by atoms with van der Waals surface area (Å²) >= 11 is 5.21. The van der Waals surface area contributed by atoms with E-state index in [1.807, 2.05) is 0 Å². The van der Waals surface area contributed by atoms with Crippen LogP contribution < -0.4 is 10.6 Å². The lowest BCUT2D eigenvalue weighted by Gasteiger charge is -2.43. The van der Waals surface area contributed by atoms with Gasteiger partial charge in [0.05, 0.1) is 12.4 Å². The zero-order chi connectivity index (χ0) is 22.9. The first-order chi connectivity index (χ1) is 15.0. The minimum absolute atomic E-state index is 0.0733. The Morgan fingerprint density at radius 2 is 2.12 bits per heavy atom. The van der Waals surface area contributed by atoms with Crippen LogP contribution in [-0.4, -0.2) is 49.5 Å². The molecule has 32 heavy (non-hydrogen) atoms. The minimum atomic E-state index is -3.74. The molecule has 2 bridgehead atoms. The van der Waals surface area contributed by atoms with Gasteiger partial charge in [0, 0.05) is 11.8 Å². The van der Waals surface area contributed by atoms with Gasteiger partial charge in [-0.1, -0.05) is 20.8 Å². The van der Waals surface area contributed by atoms with Crippen molar-refractivity contribution in [2.45, 2.75) is 71.0 Å². The number of hydrogen-bond donors (Lipinski definition) is 2. The average Bonchev–Trinajstić information content (AvgIpc) is 3.41. The fraction of sp³-hybridized carbons (Fsp3) is 0.750. The van der Waals surface area contributed by atoms with Crippen molar-refractivity contribution < 1.29 is 23.8 Å². The van der Waals surface area contributed by atoms with E-state index in [2.05, 4.69) is 35.7 Å². The minimum Gasteiger partial charge on any atom is -0.648 e. The highest BCUT2D eigenvalue weighted by atomic mass is 32.7. The van der Waals surface area contributed by atoms with Crippen molar-refractivity contribution in [1.82, 2.24) is 19.5 Å². The molecule has 7 atom stereocenters. The monoisotopic (exact) mass is 482 g/mol. The first-order valence-electron chi connectivity index (χ1n) is 10.9. The zero-order valence-corrected chi connectivity index (χ0v) is 20.1. The zero-order valence-electron chi connectivity index (χ0n) is 18.4. The van der Waals surface area contributed by atoms with Gasteiger partial charge in [0.15, 0.2) is 11.5 Å². The Morgan fingerprint density at radius 3 is 2.81 bits per heavy atom. The van der Waals surface area contributed by atoms with Crippen LogP contribution >= 0.6 is 7.15 Å². The quantitative estimate of drug-likeness (QED) is 0.463. The molecule has 3 heterocycles. The molecule has 1 saturated heterocycles.